The van der Waals surface area contributed by atoms with E-state index in [1.165, 1.54) is 12.8 Å². The number of rotatable bonds is 1. The van der Waals surface area contributed by atoms with Crippen molar-refractivity contribution < 1.29 is 14.3 Å². The van der Waals surface area contributed by atoms with Crippen molar-refractivity contribution in [3.8, 4) is 0 Å². The minimum atomic E-state index is -0.415. The third kappa shape index (κ3) is 3.87. The van der Waals surface area contributed by atoms with Gasteiger partial charge in [0.1, 0.15) is 5.60 Å². The van der Waals surface area contributed by atoms with Crippen molar-refractivity contribution in [2.45, 2.75) is 71.0 Å². The fourth-order valence-electron chi connectivity index (χ4n) is 3.06. The quantitative estimate of drug-likeness (QED) is 0.738. The smallest absolute Gasteiger partial charge is 0.410 e. The molecule has 2 saturated heterocycles. The molecule has 20 heavy (non-hydrogen) atoms. The molecule has 0 aliphatic carbocycles. The van der Waals surface area contributed by atoms with Crippen molar-refractivity contribution in [3.05, 3.63) is 0 Å². The lowest BCUT2D eigenvalue weighted by molar-refractivity contribution is -0.128. The average Bonchev–Trinajstić information content (AvgIpc) is 2.38. The third-order valence-electron chi connectivity index (χ3n) is 4.54. The van der Waals surface area contributed by atoms with Gasteiger partial charge in [-0.15, -0.1) is 0 Å². The molecule has 4 heteroatoms. The molecular formula is C16H29NO3. The van der Waals surface area contributed by atoms with Crippen molar-refractivity contribution >= 4 is 6.09 Å². The maximum Gasteiger partial charge on any atom is 0.410 e. The van der Waals surface area contributed by atoms with Crippen LogP contribution >= 0.6 is 0 Å². The summed E-state index contributed by atoms with van der Waals surface area (Å²) >= 11 is 0. The first-order valence-electron chi connectivity index (χ1n) is 7.95. The van der Waals surface area contributed by atoms with E-state index in [0.717, 1.165) is 44.9 Å². The van der Waals surface area contributed by atoms with Gasteiger partial charge in [0.15, 0.2) is 0 Å². The minimum absolute atomic E-state index is 0.0319. The summed E-state index contributed by atoms with van der Waals surface area (Å²) in [6, 6.07) is 0. The predicted octanol–water partition coefficient (Wildman–Crippen LogP) is 3.59. The van der Waals surface area contributed by atoms with Gasteiger partial charge in [-0.1, -0.05) is 13.3 Å². The number of hydrogen-bond donors (Lipinski definition) is 0. The van der Waals surface area contributed by atoms with E-state index in [4.69, 9.17) is 9.47 Å². The summed E-state index contributed by atoms with van der Waals surface area (Å²) < 4.78 is 11.6. The molecule has 1 unspecified atom stereocenters. The Hall–Kier alpha value is -0.770. The molecule has 2 aliphatic rings. The summed E-state index contributed by atoms with van der Waals surface area (Å²) in [4.78, 5) is 13.9. The van der Waals surface area contributed by atoms with Crippen LogP contribution in [-0.2, 0) is 9.47 Å². The molecule has 116 valence electrons. The number of ether oxygens (including phenoxy) is 2. The lowest BCUT2D eigenvalue weighted by Crippen LogP contribution is -2.51. The number of likely N-dealkylation sites (tertiary alicyclic amines) is 1. The first-order valence-corrected chi connectivity index (χ1v) is 7.95. The van der Waals surface area contributed by atoms with E-state index in [1.54, 1.807) is 0 Å². The molecule has 1 atom stereocenters. The van der Waals surface area contributed by atoms with Crippen LogP contribution in [0.1, 0.15) is 59.8 Å². The van der Waals surface area contributed by atoms with Crippen LogP contribution in [0, 0.1) is 5.92 Å². The Balaban J connectivity index is 1.82. The first kappa shape index (κ1) is 15.6. The van der Waals surface area contributed by atoms with Gasteiger partial charge in [-0.2, -0.15) is 0 Å². The van der Waals surface area contributed by atoms with Gasteiger partial charge >= 0.3 is 6.09 Å². The molecular weight excluding hydrogens is 254 g/mol. The van der Waals surface area contributed by atoms with Gasteiger partial charge < -0.3 is 14.4 Å². The highest BCUT2D eigenvalue weighted by Gasteiger charge is 2.40. The summed E-state index contributed by atoms with van der Waals surface area (Å²) in [7, 11) is 0. The third-order valence-corrected chi connectivity index (χ3v) is 4.54. The molecule has 0 radical (unpaired) electrons. The highest BCUT2D eigenvalue weighted by Crippen LogP contribution is 2.37. The van der Waals surface area contributed by atoms with Crippen LogP contribution in [0.2, 0.25) is 0 Å². The number of hydrogen-bond acceptors (Lipinski definition) is 3. The van der Waals surface area contributed by atoms with Crippen LogP contribution in [0.4, 0.5) is 4.79 Å². The van der Waals surface area contributed by atoms with Crippen molar-refractivity contribution in [2.75, 3.05) is 19.7 Å². The van der Waals surface area contributed by atoms with E-state index >= 15 is 0 Å². The molecule has 2 heterocycles. The molecule has 2 aliphatic heterocycles. The lowest BCUT2D eigenvalue weighted by Gasteiger charge is -2.45. The number of amides is 1. The first-order chi connectivity index (χ1) is 9.34. The van der Waals surface area contributed by atoms with Crippen molar-refractivity contribution in [2.24, 2.45) is 5.92 Å². The van der Waals surface area contributed by atoms with Gasteiger partial charge in [0, 0.05) is 13.1 Å². The number of piperidine rings is 1. The van der Waals surface area contributed by atoms with E-state index in [-0.39, 0.29) is 11.7 Å². The fraction of sp³-hybridized carbons (Fsp3) is 0.938. The second kappa shape index (κ2) is 5.92. The molecule has 2 rings (SSSR count). The van der Waals surface area contributed by atoms with Crippen LogP contribution in [0.25, 0.3) is 0 Å². The lowest BCUT2D eigenvalue weighted by atomic mass is 9.81. The predicted molar refractivity (Wildman–Crippen MR) is 78.7 cm³/mol. The van der Waals surface area contributed by atoms with Crippen molar-refractivity contribution in [1.29, 1.82) is 0 Å². The Kier molecular flexibility index (Phi) is 4.62. The SMILES string of the molecule is CCC1CCC2(CCN(C(=O)OC(C)(C)C)CC2)OC1. The Morgan fingerprint density at radius 2 is 1.95 bits per heavy atom. The zero-order chi connectivity index (χ0) is 14.8. The van der Waals surface area contributed by atoms with Gasteiger partial charge in [-0.25, -0.2) is 4.79 Å². The molecule has 4 nitrogen and oxygen atoms in total. The molecule has 0 bridgehead atoms. The van der Waals surface area contributed by atoms with Crippen LogP contribution in [0.15, 0.2) is 0 Å². The van der Waals surface area contributed by atoms with Crippen LogP contribution in [0.3, 0.4) is 0 Å². The normalized spacial score (nSPS) is 26.6. The monoisotopic (exact) mass is 283 g/mol. The Labute approximate surface area is 122 Å². The number of nitrogens with zero attached hydrogens (tertiary/aromatic N) is 1. The molecule has 0 aromatic carbocycles. The second-order valence-corrected chi connectivity index (χ2v) is 7.27. The number of carbonyl (C=O) groups is 1. The summed E-state index contributed by atoms with van der Waals surface area (Å²) in [6.07, 6.45) is 5.33. The molecule has 0 aromatic rings. The minimum Gasteiger partial charge on any atom is -0.444 e. The van der Waals surface area contributed by atoms with E-state index < -0.39 is 5.60 Å². The summed E-state index contributed by atoms with van der Waals surface area (Å²) in [5.74, 6) is 0.726. The molecule has 0 aromatic heterocycles. The molecule has 1 spiro atoms. The highest BCUT2D eigenvalue weighted by atomic mass is 16.6. The Morgan fingerprint density at radius 1 is 1.30 bits per heavy atom. The van der Waals surface area contributed by atoms with E-state index in [0.29, 0.717) is 0 Å². The zero-order valence-corrected chi connectivity index (χ0v) is 13.4. The topological polar surface area (TPSA) is 38.8 Å². The van der Waals surface area contributed by atoms with E-state index in [9.17, 15) is 4.79 Å². The highest BCUT2D eigenvalue weighted by molar-refractivity contribution is 5.68. The van der Waals surface area contributed by atoms with Crippen LogP contribution < -0.4 is 0 Å². The maximum atomic E-state index is 12.0. The number of carbonyl (C=O) groups excluding carboxylic acids is 1. The van der Waals surface area contributed by atoms with Gasteiger partial charge in [-0.3, -0.25) is 0 Å². The Bertz CT molecular complexity index is 330. The molecule has 2 fully saturated rings. The van der Waals surface area contributed by atoms with Crippen LogP contribution in [0.5, 0.6) is 0 Å². The van der Waals surface area contributed by atoms with Gasteiger partial charge in [0.25, 0.3) is 0 Å². The van der Waals surface area contributed by atoms with Gasteiger partial charge in [0.05, 0.1) is 12.2 Å². The molecule has 0 N–H and O–H groups in total. The largest absolute Gasteiger partial charge is 0.444 e. The summed E-state index contributed by atoms with van der Waals surface area (Å²) in [5, 5.41) is 0. The zero-order valence-electron chi connectivity index (χ0n) is 13.4. The standard InChI is InChI=1S/C16H29NO3/c1-5-13-6-7-16(19-12-13)8-10-17(11-9-16)14(18)20-15(2,3)4/h13H,5-12H2,1-4H3. The maximum absolute atomic E-state index is 12.0. The molecule has 0 saturated carbocycles. The van der Waals surface area contributed by atoms with E-state index in [2.05, 4.69) is 6.92 Å². The van der Waals surface area contributed by atoms with Crippen molar-refractivity contribution in [3.63, 3.8) is 0 Å². The Morgan fingerprint density at radius 3 is 2.40 bits per heavy atom. The van der Waals surface area contributed by atoms with Crippen LogP contribution in [-0.4, -0.2) is 41.9 Å². The summed E-state index contributed by atoms with van der Waals surface area (Å²) in [6.45, 7) is 10.4. The van der Waals surface area contributed by atoms with Crippen molar-refractivity contribution in [1.82, 2.24) is 4.90 Å². The average molecular weight is 283 g/mol. The fourth-order valence-corrected chi connectivity index (χ4v) is 3.06. The van der Waals surface area contributed by atoms with Gasteiger partial charge in [0.2, 0.25) is 0 Å². The molecule has 1 amide bonds. The second-order valence-electron chi connectivity index (χ2n) is 7.27. The van der Waals surface area contributed by atoms with E-state index in [1.807, 2.05) is 25.7 Å². The summed E-state index contributed by atoms with van der Waals surface area (Å²) in [5.41, 5.74) is -0.383. The van der Waals surface area contributed by atoms with Gasteiger partial charge in [-0.05, 0) is 52.4 Å².